The van der Waals surface area contributed by atoms with E-state index in [1.807, 2.05) is 47.8 Å². The van der Waals surface area contributed by atoms with Gasteiger partial charge in [0.2, 0.25) is 11.8 Å². The van der Waals surface area contributed by atoms with Crippen LogP contribution in [0.15, 0.2) is 77.1 Å². The number of carbonyl (C=O) groups excluding carboxylic acids is 2. The number of hydrogen-bond donors (Lipinski definition) is 1. The molecular weight excluding hydrogens is 438 g/mol. The Labute approximate surface area is 187 Å². The predicted molar refractivity (Wildman–Crippen MR) is 124 cm³/mol. The fraction of sp³-hybridized carbons (Fsp3) is 0.136. The number of amidine groups is 1. The average molecular weight is 456 g/mol. The Morgan fingerprint density at radius 2 is 1.87 bits per heavy atom. The zero-order chi connectivity index (χ0) is 20.9. The first-order valence-corrected chi connectivity index (χ1v) is 11.4. The summed E-state index contributed by atoms with van der Waals surface area (Å²) in [6.45, 7) is 0.433. The zero-order valence-electron chi connectivity index (χ0n) is 15.8. The van der Waals surface area contributed by atoms with Crippen LogP contribution in [0, 0.1) is 0 Å². The Balaban J connectivity index is 1.59. The smallest absolute Gasteiger partial charge is 0.238 e. The van der Waals surface area contributed by atoms with Crippen LogP contribution >= 0.6 is 34.7 Å². The number of thioether (sulfide) groups is 1. The summed E-state index contributed by atoms with van der Waals surface area (Å²) < 4.78 is 0. The molecule has 1 N–H and O–H groups in total. The molecule has 0 saturated carbocycles. The van der Waals surface area contributed by atoms with Crippen molar-refractivity contribution >= 4 is 63.1 Å². The Bertz CT molecular complexity index is 1050. The number of para-hydroxylation sites is 1. The van der Waals surface area contributed by atoms with Gasteiger partial charge in [-0.3, -0.25) is 14.5 Å². The van der Waals surface area contributed by atoms with E-state index in [-0.39, 0.29) is 18.2 Å². The van der Waals surface area contributed by atoms with E-state index in [4.69, 9.17) is 11.6 Å². The number of benzene rings is 2. The van der Waals surface area contributed by atoms with Crippen molar-refractivity contribution in [3.05, 3.63) is 82.0 Å². The Kier molecular flexibility index (Phi) is 6.52. The van der Waals surface area contributed by atoms with E-state index < -0.39 is 5.25 Å². The molecule has 1 atom stereocenters. The molecule has 30 heavy (non-hydrogen) atoms. The zero-order valence-corrected chi connectivity index (χ0v) is 18.2. The number of thiophene rings is 1. The topological polar surface area (TPSA) is 61.8 Å². The maximum atomic E-state index is 13.0. The molecule has 2 amide bonds. The fourth-order valence-corrected chi connectivity index (χ4v) is 4.84. The molecule has 0 spiro atoms. The highest BCUT2D eigenvalue weighted by molar-refractivity contribution is 8.15. The van der Waals surface area contributed by atoms with Crippen LogP contribution in [0.25, 0.3) is 0 Å². The number of aliphatic imine (C=N–C) groups is 1. The van der Waals surface area contributed by atoms with Crippen LogP contribution in [0.2, 0.25) is 5.02 Å². The minimum Gasteiger partial charge on any atom is -0.325 e. The molecule has 1 aliphatic rings. The second-order valence-electron chi connectivity index (χ2n) is 6.60. The largest absolute Gasteiger partial charge is 0.325 e. The van der Waals surface area contributed by atoms with Gasteiger partial charge < -0.3 is 5.32 Å². The van der Waals surface area contributed by atoms with Gasteiger partial charge >= 0.3 is 0 Å². The lowest BCUT2D eigenvalue weighted by Crippen LogP contribution is -2.44. The lowest BCUT2D eigenvalue weighted by Gasteiger charge is -2.31. The summed E-state index contributed by atoms with van der Waals surface area (Å²) in [6.07, 6.45) is 0.119. The molecule has 0 radical (unpaired) electrons. The molecule has 2 heterocycles. The SMILES string of the molecule is O=C(Nc1ccccc1)C1CC(=O)N(Cc2cccs2)C(=Nc2ccc(Cl)cc2)S1. The predicted octanol–water partition coefficient (Wildman–Crippen LogP) is 5.56. The number of anilines is 1. The van der Waals surface area contributed by atoms with Crippen LogP contribution in [0.1, 0.15) is 11.3 Å². The fourth-order valence-electron chi connectivity index (χ4n) is 2.93. The first kappa shape index (κ1) is 20.7. The molecule has 1 saturated heterocycles. The third kappa shape index (κ3) is 5.11. The van der Waals surface area contributed by atoms with Gasteiger partial charge in [-0.05, 0) is 47.8 Å². The summed E-state index contributed by atoms with van der Waals surface area (Å²) in [4.78, 5) is 33.2. The summed E-state index contributed by atoms with van der Waals surface area (Å²) in [5.41, 5.74) is 1.38. The molecule has 1 unspecified atom stereocenters. The van der Waals surface area contributed by atoms with Crippen molar-refractivity contribution in [1.29, 1.82) is 0 Å². The van der Waals surface area contributed by atoms with Crippen molar-refractivity contribution in [1.82, 2.24) is 4.90 Å². The highest BCUT2D eigenvalue weighted by Gasteiger charge is 2.36. The minimum absolute atomic E-state index is 0.119. The first-order chi connectivity index (χ1) is 14.6. The molecule has 3 aromatic rings. The maximum Gasteiger partial charge on any atom is 0.238 e. The molecule has 5 nitrogen and oxygen atoms in total. The van der Waals surface area contributed by atoms with E-state index in [2.05, 4.69) is 10.3 Å². The van der Waals surface area contributed by atoms with Gasteiger partial charge in [-0.25, -0.2) is 4.99 Å². The van der Waals surface area contributed by atoms with Crippen molar-refractivity contribution in [2.75, 3.05) is 5.32 Å². The van der Waals surface area contributed by atoms with Gasteiger partial charge in [0.15, 0.2) is 5.17 Å². The summed E-state index contributed by atoms with van der Waals surface area (Å²) in [5.74, 6) is -0.331. The lowest BCUT2D eigenvalue weighted by molar-refractivity contribution is -0.129. The number of nitrogens with one attached hydrogen (secondary N) is 1. The third-order valence-corrected chi connectivity index (χ3v) is 6.72. The molecule has 0 bridgehead atoms. The molecule has 0 aliphatic carbocycles. The Morgan fingerprint density at radius 3 is 2.57 bits per heavy atom. The van der Waals surface area contributed by atoms with Gasteiger partial charge in [0.25, 0.3) is 0 Å². The lowest BCUT2D eigenvalue weighted by atomic mass is 10.2. The average Bonchev–Trinajstić information content (AvgIpc) is 3.26. The molecule has 1 aliphatic heterocycles. The van der Waals surface area contributed by atoms with Crippen molar-refractivity contribution in [2.24, 2.45) is 4.99 Å². The van der Waals surface area contributed by atoms with E-state index in [1.54, 1.807) is 40.5 Å². The van der Waals surface area contributed by atoms with E-state index >= 15 is 0 Å². The monoisotopic (exact) mass is 455 g/mol. The van der Waals surface area contributed by atoms with E-state index in [0.29, 0.717) is 28.1 Å². The van der Waals surface area contributed by atoms with Crippen LogP contribution < -0.4 is 5.32 Å². The van der Waals surface area contributed by atoms with Crippen molar-refractivity contribution in [2.45, 2.75) is 18.2 Å². The van der Waals surface area contributed by atoms with Gasteiger partial charge in [0, 0.05) is 22.0 Å². The number of hydrogen-bond acceptors (Lipinski definition) is 5. The molecular formula is C22H18ClN3O2S2. The van der Waals surface area contributed by atoms with Crippen molar-refractivity contribution in [3.63, 3.8) is 0 Å². The highest BCUT2D eigenvalue weighted by atomic mass is 35.5. The number of carbonyl (C=O) groups is 2. The number of amides is 2. The van der Waals surface area contributed by atoms with Gasteiger partial charge in [0.1, 0.15) is 5.25 Å². The highest BCUT2D eigenvalue weighted by Crippen LogP contribution is 2.31. The minimum atomic E-state index is -0.552. The van der Waals surface area contributed by atoms with Gasteiger partial charge in [-0.2, -0.15) is 0 Å². The summed E-state index contributed by atoms with van der Waals surface area (Å²) in [5, 5.41) is 5.43. The van der Waals surface area contributed by atoms with E-state index in [0.717, 1.165) is 4.88 Å². The molecule has 4 rings (SSSR count). The van der Waals surface area contributed by atoms with Crippen LogP contribution in [0.5, 0.6) is 0 Å². The second kappa shape index (κ2) is 9.47. The van der Waals surface area contributed by atoms with Crippen LogP contribution in [-0.2, 0) is 16.1 Å². The normalized spacial score (nSPS) is 17.9. The van der Waals surface area contributed by atoms with E-state index in [9.17, 15) is 9.59 Å². The maximum absolute atomic E-state index is 13.0. The molecule has 8 heteroatoms. The summed E-state index contributed by atoms with van der Waals surface area (Å²) in [7, 11) is 0. The van der Waals surface area contributed by atoms with Gasteiger partial charge in [0.05, 0.1) is 12.2 Å². The summed E-state index contributed by atoms with van der Waals surface area (Å²) in [6, 6.07) is 20.2. The molecule has 152 valence electrons. The third-order valence-electron chi connectivity index (χ3n) is 4.42. The van der Waals surface area contributed by atoms with Crippen LogP contribution in [0.3, 0.4) is 0 Å². The first-order valence-electron chi connectivity index (χ1n) is 9.28. The standard InChI is InChI=1S/C22H18ClN3O2S2/c23-15-8-10-17(11-9-15)25-22-26(14-18-7-4-12-29-18)20(27)13-19(30-22)21(28)24-16-5-2-1-3-6-16/h1-12,19H,13-14H2,(H,24,28). The molecule has 2 aromatic carbocycles. The van der Waals surface area contributed by atoms with Crippen molar-refractivity contribution in [3.8, 4) is 0 Å². The van der Waals surface area contributed by atoms with Crippen LogP contribution in [-0.4, -0.2) is 27.1 Å². The number of rotatable bonds is 5. The van der Waals surface area contributed by atoms with Gasteiger partial charge in [-0.15, -0.1) is 11.3 Å². The molecule has 1 aromatic heterocycles. The number of nitrogens with zero attached hydrogens (tertiary/aromatic N) is 2. The molecule has 1 fully saturated rings. The van der Waals surface area contributed by atoms with Crippen LogP contribution in [0.4, 0.5) is 11.4 Å². The quantitative estimate of drug-likeness (QED) is 0.547. The van der Waals surface area contributed by atoms with Crippen molar-refractivity contribution < 1.29 is 9.59 Å². The van der Waals surface area contributed by atoms with Gasteiger partial charge in [-0.1, -0.05) is 47.6 Å². The Morgan fingerprint density at radius 1 is 1.10 bits per heavy atom. The summed E-state index contributed by atoms with van der Waals surface area (Å²) >= 11 is 8.86. The Hall–Kier alpha value is -2.61. The number of halogens is 1. The van der Waals surface area contributed by atoms with E-state index in [1.165, 1.54) is 11.8 Å². The second-order valence-corrected chi connectivity index (χ2v) is 9.23.